The molecule has 0 amide bonds. The SMILES string of the molecule is O=C(O)CNC(NN1CCCCC1)(Oc1ccccc1)P(=O)(O)O. The highest BCUT2D eigenvalue weighted by molar-refractivity contribution is 7.53. The molecule has 1 heterocycles. The zero-order chi connectivity index (χ0) is 17.6. The fourth-order valence-corrected chi connectivity index (χ4v) is 3.18. The molecule has 0 radical (unpaired) electrons. The number of nitrogens with one attached hydrogen (secondary N) is 2. The van der Waals surface area contributed by atoms with Crippen LogP contribution in [-0.4, -0.2) is 51.1 Å². The van der Waals surface area contributed by atoms with Gasteiger partial charge in [0.2, 0.25) is 0 Å². The number of ether oxygens (including phenoxy) is 1. The first-order valence-electron chi connectivity index (χ1n) is 7.62. The summed E-state index contributed by atoms with van der Waals surface area (Å²) in [5, 5.41) is 12.9. The minimum absolute atomic E-state index is 0.197. The molecule has 1 aliphatic heterocycles. The normalized spacial score (nSPS) is 18.8. The maximum atomic E-state index is 12.2. The van der Waals surface area contributed by atoms with E-state index in [0.717, 1.165) is 19.3 Å². The van der Waals surface area contributed by atoms with E-state index in [1.807, 2.05) is 0 Å². The lowest BCUT2D eigenvalue weighted by molar-refractivity contribution is -0.137. The fraction of sp³-hybridized carbons (Fsp3) is 0.500. The first kappa shape index (κ1) is 18.9. The Morgan fingerprint density at radius 3 is 2.38 bits per heavy atom. The van der Waals surface area contributed by atoms with Crippen LogP contribution in [0.2, 0.25) is 0 Å². The average Bonchev–Trinajstić information content (AvgIpc) is 2.53. The molecule has 1 saturated heterocycles. The van der Waals surface area contributed by atoms with Crippen molar-refractivity contribution in [3.05, 3.63) is 30.3 Å². The predicted octanol–water partition coefficient (Wildman–Crippen LogP) is 0.519. The highest BCUT2D eigenvalue weighted by atomic mass is 31.2. The van der Waals surface area contributed by atoms with Crippen molar-refractivity contribution in [3.63, 3.8) is 0 Å². The van der Waals surface area contributed by atoms with Crippen LogP contribution in [-0.2, 0) is 9.36 Å². The van der Waals surface area contributed by atoms with Gasteiger partial charge in [0.05, 0.1) is 6.54 Å². The third-order valence-corrected chi connectivity index (χ3v) is 4.73. The lowest BCUT2D eigenvalue weighted by Crippen LogP contribution is -2.66. The highest BCUT2D eigenvalue weighted by Gasteiger charge is 2.51. The number of hydrazine groups is 1. The number of carboxylic acid groups (broad SMARTS) is 1. The number of hydrogen-bond donors (Lipinski definition) is 5. The van der Waals surface area contributed by atoms with Gasteiger partial charge in [0, 0.05) is 13.1 Å². The minimum Gasteiger partial charge on any atom is -0.480 e. The second kappa shape index (κ2) is 8.06. The minimum atomic E-state index is -4.94. The van der Waals surface area contributed by atoms with Crippen molar-refractivity contribution in [1.29, 1.82) is 0 Å². The van der Waals surface area contributed by atoms with Gasteiger partial charge in [-0.1, -0.05) is 24.6 Å². The van der Waals surface area contributed by atoms with E-state index >= 15 is 0 Å². The molecule has 1 fully saturated rings. The second-order valence-corrected chi connectivity index (χ2v) is 7.23. The summed E-state index contributed by atoms with van der Waals surface area (Å²) < 4.78 is 17.7. The summed E-state index contributed by atoms with van der Waals surface area (Å²) in [5.41, 5.74) is 0.330. The van der Waals surface area contributed by atoms with Crippen LogP contribution in [0, 0.1) is 0 Å². The molecule has 1 unspecified atom stereocenters. The number of para-hydroxylation sites is 1. The maximum Gasteiger partial charge on any atom is 0.401 e. The fourth-order valence-electron chi connectivity index (χ4n) is 2.40. The summed E-state index contributed by atoms with van der Waals surface area (Å²) in [6.07, 6.45) is 2.77. The Morgan fingerprint density at radius 1 is 1.21 bits per heavy atom. The van der Waals surface area contributed by atoms with Crippen LogP contribution < -0.4 is 15.5 Å². The largest absolute Gasteiger partial charge is 0.480 e. The van der Waals surface area contributed by atoms with Gasteiger partial charge in [-0.15, -0.1) is 0 Å². The summed E-state index contributed by atoms with van der Waals surface area (Å²) in [7, 11) is -4.94. The Balaban J connectivity index is 2.30. The van der Waals surface area contributed by atoms with Gasteiger partial charge in [0.25, 0.3) is 0 Å². The molecule has 0 saturated carbocycles. The van der Waals surface area contributed by atoms with Gasteiger partial charge in [-0.25, -0.2) is 10.3 Å². The van der Waals surface area contributed by atoms with Crippen molar-refractivity contribution in [2.75, 3.05) is 19.6 Å². The van der Waals surface area contributed by atoms with Crippen LogP contribution >= 0.6 is 7.60 Å². The van der Waals surface area contributed by atoms with E-state index in [-0.39, 0.29) is 5.75 Å². The van der Waals surface area contributed by atoms with Crippen molar-refractivity contribution in [2.24, 2.45) is 0 Å². The molecule has 2 rings (SSSR count). The first-order valence-corrected chi connectivity index (χ1v) is 9.23. The first-order chi connectivity index (χ1) is 11.3. The molecule has 1 aromatic carbocycles. The van der Waals surface area contributed by atoms with Crippen LogP contribution in [0.15, 0.2) is 30.3 Å². The van der Waals surface area contributed by atoms with Crippen molar-refractivity contribution in [2.45, 2.75) is 24.9 Å². The van der Waals surface area contributed by atoms with Crippen LogP contribution in [0.5, 0.6) is 5.75 Å². The monoisotopic (exact) mass is 359 g/mol. The molecule has 9 nitrogen and oxygen atoms in total. The number of nitrogens with zero attached hydrogens (tertiary/aromatic N) is 1. The van der Waals surface area contributed by atoms with Crippen molar-refractivity contribution < 1.29 is 29.0 Å². The Bertz CT molecular complexity index is 589. The number of aliphatic carboxylic acids is 1. The van der Waals surface area contributed by atoms with Crippen LogP contribution in [0.25, 0.3) is 0 Å². The van der Waals surface area contributed by atoms with Crippen LogP contribution in [0.1, 0.15) is 19.3 Å². The summed E-state index contributed by atoms with van der Waals surface area (Å²) in [5.74, 6) is -1.06. The molecule has 5 N–H and O–H groups in total. The number of hydrogen-bond acceptors (Lipinski definition) is 6. The summed E-state index contributed by atoms with van der Waals surface area (Å²) >= 11 is 0. The molecule has 1 atom stereocenters. The number of benzene rings is 1. The predicted molar refractivity (Wildman–Crippen MR) is 86.0 cm³/mol. The van der Waals surface area contributed by atoms with Gasteiger partial charge in [0.15, 0.2) is 0 Å². The molecular weight excluding hydrogens is 337 g/mol. The molecule has 10 heteroatoms. The molecule has 0 aromatic heterocycles. The maximum absolute atomic E-state index is 12.2. The van der Waals surface area contributed by atoms with E-state index < -0.39 is 25.7 Å². The molecule has 24 heavy (non-hydrogen) atoms. The van der Waals surface area contributed by atoms with Gasteiger partial charge < -0.3 is 19.6 Å². The topological polar surface area (TPSA) is 131 Å². The summed E-state index contributed by atoms with van der Waals surface area (Å²) in [4.78, 5) is 30.7. The molecule has 134 valence electrons. The van der Waals surface area contributed by atoms with Crippen LogP contribution in [0.3, 0.4) is 0 Å². The Labute approximate surface area is 139 Å². The van der Waals surface area contributed by atoms with E-state index in [1.54, 1.807) is 23.2 Å². The Morgan fingerprint density at radius 2 is 1.83 bits per heavy atom. The molecule has 1 aromatic rings. The molecular formula is C14H22N3O6P. The Hall–Kier alpha value is -1.48. The van der Waals surface area contributed by atoms with E-state index in [9.17, 15) is 19.1 Å². The molecule has 0 bridgehead atoms. The quantitative estimate of drug-likeness (QED) is 0.333. The second-order valence-electron chi connectivity index (χ2n) is 5.51. The zero-order valence-corrected chi connectivity index (χ0v) is 14.0. The Kier molecular flexibility index (Phi) is 6.34. The number of carboxylic acids is 1. The van der Waals surface area contributed by atoms with Crippen molar-refractivity contribution in [1.82, 2.24) is 15.8 Å². The number of piperidine rings is 1. The molecule has 1 aliphatic rings. The third-order valence-electron chi connectivity index (χ3n) is 3.56. The van der Waals surface area contributed by atoms with E-state index in [2.05, 4.69) is 10.7 Å². The van der Waals surface area contributed by atoms with Gasteiger partial charge in [-0.05, 0) is 25.0 Å². The lowest BCUT2D eigenvalue weighted by Gasteiger charge is -2.40. The highest BCUT2D eigenvalue weighted by Crippen LogP contribution is 2.48. The number of carbonyl (C=O) groups is 1. The standard InChI is InChI=1S/C14H22N3O6P/c18-13(19)11-15-14(24(20,21)22,16-17-9-5-2-6-10-17)23-12-7-3-1-4-8-12/h1,3-4,7-8,15-16H,2,5-6,9-11H2,(H,18,19)(H2,20,21,22). The average molecular weight is 359 g/mol. The smallest absolute Gasteiger partial charge is 0.401 e. The third kappa shape index (κ3) is 5.01. The van der Waals surface area contributed by atoms with E-state index in [0.29, 0.717) is 13.1 Å². The van der Waals surface area contributed by atoms with Gasteiger partial charge in [-0.2, -0.15) is 5.43 Å². The number of rotatable bonds is 8. The molecule has 0 aliphatic carbocycles. The van der Waals surface area contributed by atoms with Gasteiger partial charge in [0.1, 0.15) is 5.75 Å². The van der Waals surface area contributed by atoms with Crippen LogP contribution in [0.4, 0.5) is 0 Å². The summed E-state index contributed by atoms with van der Waals surface area (Å²) in [6, 6.07) is 8.10. The zero-order valence-electron chi connectivity index (χ0n) is 13.1. The summed E-state index contributed by atoms with van der Waals surface area (Å²) in [6.45, 7) is 0.474. The lowest BCUT2D eigenvalue weighted by atomic mass is 10.2. The van der Waals surface area contributed by atoms with Gasteiger partial charge >= 0.3 is 19.2 Å². The van der Waals surface area contributed by atoms with Crippen molar-refractivity contribution in [3.8, 4) is 5.75 Å². The molecule has 0 spiro atoms. The van der Waals surface area contributed by atoms with Gasteiger partial charge in [-0.3, -0.25) is 9.36 Å². The van der Waals surface area contributed by atoms with E-state index in [4.69, 9.17) is 9.84 Å². The van der Waals surface area contributed by atoms with E-state index in [1.165, 1.54) is 12.1 Å². The van der Waals surface area contributed by atoms with Crippen molar-refractivity contribution >= 4 is 13.6 Å².